The third-order valence-corrected chi connectivity index (χ3v) is 3.35. The molecule has 0 atom stereocenters. The molecular weight excluding hydrogens is 204 g/mol. The van der Waals surface area contributed by atoms with Gasteiger partial charge in [-0.1, -0.05) is 19.3 Å². The third kappa shape index (κ3) is 1.83. The Balaban J connectivity index is 2.23. The number of aromatic nitrogens is 2. The van der Waals surface area contributed by atoms with Gasteiger partial charge in [-0.2, -0.15) is 5.26 Å². The number of H-pyrrole nitrogens is 2. The Hall–Kier alpha value is -1.70. The van der Waals surface area contributed by atoms with E-state index in [-0.39, 0.29) is 11.1 Å². The molecular formula is C11H16N4O. The molecule has 1 aromatic heterocycles. The number of rotatable bonds is 2. The normalized spacial score (nSPS) is 17.0. The quantitative estimate of drug-likeness (QED) is 0.789. The Kier molecular flexibility index (Phi) is 3.00. The van der Waals surface area contributed by atoms with Crippen molar-refractivity contribution in [3.63, 3.8) is 0 Å². The molecule has 0 spiro atoms. The first kappa shape index (κ1) is 10.8. The van der Waals surface area contributed by atoms with Crippen molar-refractivity contribution < 1.29 is 0 Å². The van der Waals surface area contributed by atoms with Crippen LogP contribution in [-0.2, 0) is 0 Å². The molecule has 1 saturated carbocycles. The molecule has 0 amide bonds. The SMILES string of the molecule is CN(c1[nH][nH]c(=O)c1C#N)C1CCCCC1. The van der Waals surface area contributed by atoms with Crippen molar-refractivity contribution in [2.45, 2.75) is 38.1 Å². The van der Waals surface area contributed by atoms with Crippen LogP contribution in [0.3, 0.4) is 0 Å². The van der Waals surface area contributed by atoms with E-state index in [1.807, 2.05) is 18.0 Å². The van der Waals surface area contributed by atoms with Crippen molar-refractivity contribution in [3.8, 4) is 6.07 Å². The van der Waals surface area contributed by atoms with E-state index in [4.69, 9.17) is 5.26 Å². The van der Waals surface area contributed by atoms with Gasteiger partial charge in [-0.05, 0) is 12.8 Å². The van der Waals surface area contributed by atoms with Crippen molar-refractivity contribution >= 4 is 5.82 Å². The number of hydrogen-bond donors (Lipinski definition) is 2. The highest BCUT2D eigenvalue weighted by Crippen LogP contribution is 2.25. The van der Waals surface area contributed by atoms with E-state index in [0.717, 1.165) is 12.8 Å². The molecule has 86 valence electrons. The van der Waals surface area contributed by atoms with Gasteiger partial charge in [0.1, 0.15) is 11.9 Å². The molecule has 0 aromatic carbocycles. The zero-order valence-electron chi connectivity index (χ0n) is 9.42. The zero-order chi connectivity index (χ0) is 11.5. The highest BCUT2D eigenvalue weighted by Gasteiger charge is 2.22. The second-order valence-corrected chi connectivity index (χ2v) is 4.32. The highest BCUT2D eigenvalue weighted by atomic mass is 16.1. The molecule has 1 heterocycles. The summed E-state index contributed by atoms with van der Waals surface area (Å²) in [5, 5.41) is 14.2. The molecule has 1 aliphatic carbocycles. The summed E-state index contributed by atoms with van der Waals surface area (Å²) in [4.78, 5) is 13.3. The largest absolute Gasteiger partial charge is 0.356 e. The van der Waals surface area contributed by atoms with Crippen LogP contribution < -0.4 is 10.5 Å². The van der Waals surface area contributed by atoms with Crippen LogP contribution in [0, 0.1) is 11.3 Å². The summed E-state index contributed by atoms with van der Waals surface area (Å²) in [6.45, 7) is 0. The second kappa shape index (κ2) is 4.44. The topological polar surface area (TPSA) is 75.7 Å². The lowest BCUT2D eigenvalue weighted by molar-refractivity contribution is 0.426. The van der Waals surface area contributed by atoms with Crippen molar-refractivity contribution in [3.05, 3.63) is 15.9 Å². The van der Waals surface area contributed by atoms with Crippen LogP contribution in [0.2, 0.25) is 0 Å². The van der Waals surface area contributed by atoms with Gasteiger partial charge in [0.2, 0.25) is 0 Å². The summed E-state index contributed by atoms with van der Waals surface area (Å²) in [6.07, 6.45) is 6.01. The number of anilines is 1. The van der Waals surface area contributed by atoms with E-state index in [0.29, 0.717) is 11.9 Å². The van der Waals surface area contributed by atoms with E-state index in [2.05, 4.69) is 10.2 Å². The predicted molar refractivity (Wildman–Crippen MR) is 61.4 cm³/mol. The first-order chi connectivity index (χ1) is 7.74. The van der Waals surface area contributed by atoms with Gasteiger partial charge in [0.25, 0.3) is 5.56 Å². The molecule has 2 N–H and O–H groups in total. The standard InChI is InChI=1S/C11H16N4O/c1-15(8-5-3-2-4-6-8)10-9(7-12)11(16)14-13-10/h8H,2-6H2,1H3,(H2,13,14,16). The summed E-state index contributed by atoms with van der Waals surface area (Å²) in [7, 11) is 1.94. The highest BCUT2D eigenvalue weighted by molar-refractivity contribution is 5.52. The van der Waals surface area contributed by atoms with Gasteiger partial charge >= 0.3 is 0 Å². The maximum Gasteiger partial charge on any atom is 0.284 e. The average molecular weight is 220 g/mol. The molecule has 1 aliphatic rings. The minimum atomic E-state index is -0.333. The molecule has 0 bridgehead atoms. The fraction of sp³-hybridized carbons (Fsp3) is 0.636. The molecule has 1 fully saturated rings. The van der Waals surface area contributed by atoms with Gasteiger partial charge in [-0.25, -0.2) is 0 Å². The van der Waals surface area contributed by atoms with Gasteiger partial charge in [-0.15, -0.1) is 0 Å². The fourth-order valence-electron chi connectivity index (χ4n) is 2.37. The molecule has 5 heteroatoms. The Morgan fingerprint density at radius 3 is 2.62 bits per heavy atom. The van der Waals surface area contributed by atoms with Crippen LogP contribution in [-0.4, -0.2) is 23.3 Å². The lowest BCUT2D eigenvalue weighted by Crippen LogP contribution is -2.34. The monoisotopic (exact) mass is 220 g/mol. The Bertz CT molecular complexity index is 447. The predicted octanol–water partition coefficient (Wildman–Crippen LogP) is 1.34. The van der Waals surface area contributed by atoms with Crippen molar-refractivity contribution in [2.24, 2.45) is 0 Å². The maximum atomic E-state index is 11.3. The first-order valence-corrected chi connectivity index (χ1v) is 5.67. The third-order valence-electron chi connectivity index (χ3n) is 3.35. The zero-order valence-corrected chi connectivity index (χ0v) is 9.42. The molecule has 0 aliphatic heterocycles. The molecule has 0 radical (unpaired) electrons. The summed E-state index contributed by atoms with van der Waals surface area (Å²) in [5.74, 6) is 0.624. The lowest BCUT2D eigenvalue weighted by Gasteiger charge is -2.31. The molecule has 16 heavy (non-hydrogen) atoms. The average Bonchev–Trinajstić information content (AvgIpc) is 2.70. The molecule has 2 rings (SSSR count). The number of hydrogen-bond acceptors (Lipinski definition) is 3. The molecule has 1 aromatic rings. The Labute approximate surface area is 94.1 Å². The summed E-state index contributed by atoms with van der Waals surface area (Å²) in [5.41, 5.74) is -0.145. The molecule has 0 saturated heterocycles. The van der Waals surface area contributed by atoms with Crippen LogP contribution in [0.25, 0.3) is 0 Å². The van der Waals surface area contributed by atoms with Crippen molar-refractivity contribution in [2.75, 3.05) is 11.9 Å². The van der Waals surface area contributed by atoms with E-state index < -0.39 is 0 Å². The number of aromatic amines is 2. The number of nitriles is 1. The lowest BCUT2D eigenvalue weighted by atomic mass is 9.94. The van der Waals surface area contributed by atoms with Crippen LogP contribution >= 0.6 is 0 Å². The van der Waals surface area contributed by atoms with Gasteiger partial charge in [0, 0.05) is 13.1 Å². The molecule has 0 unspecified atom stereocenters. The summed E-state index contributed by atoms with van der Waals surface area (Å²) >= 11 is 0. The van der Waals surface area contributed by atoms with Gasteiger partial charge in [0.15, 0.2) is 5.56 Å². The number of nitrogens with zero attached hydrogens (tertiary/aromatic N) is 2. The Morgan fingerprint density at radius 1 is 1.31 bits per heavy atom. The van der Waals surface area contributed by atoms with E-state index in [1.54, 1.807) is 0 Å². The van der Waals surface area contributed by atoms with Crippen LogP contribution in [0.4, 0.5) is 5.82 Å². The summed E-state index contributed by atoms with van der Waals surface area (Å²) < 4.78 is 0. The Morgan fingerprint density at radius 2 is 2.00 bits per heavy atom. The van der Waals surface area contributed by atoms with Gasteiger partial charge in [0.05, 0.1) is 0 Å². The minimum absolute atomic E-state index is 0.188. The molecule has 5 nitrogen and oxygen atoms in total. The van der Waals surface area contributed by atoms with E-state index in [1.165, 1.54) is 19.3 Å². The fourth-order valence-corrected chi connectivity index (χ4v) is 2.37. The van der Waals surface area contributed by atoms with Crippen molar-refractivity contribution in [1.82, 2.24) is 10.2 Å². The first-order valence-electron chi connectivity index (χ1n) is 5.67. The van der Waals surface area contributed by atoms with Crippen LogP contribution in [0.15, 0.2) is 4.79 Å². The summed E-state index contributed by atoms with van der Waals surface area (Å²) in [6, 6.07) is 2.38. The van der Waals surface area contributed by atoms with Crippen LogP contribution in [0.5, 0.6) is 0 Å². The van der Waals surface area contributed by atoms with Gasteiger partial charge < -0.3 is 4.90 Å². The maximum absolute atomic E-state index is 11.3. The minimum Gasteiger partial charge on any atom is -0.356 e. The van der Waals surface area contributed by atoms with Crippen molar-refractivity contribution in [1.29, 1.82) is 5.26 Å². The smallest absolute Gasteiger partial charge is 0.284 e. The van der Waals surface area contributed by atoms with E-state index in [9.17, 15) is 4.79 Å². The second-order valence-electron chi connectivity index (χ2n) is 4.32. The van der Waals surface area contributed by atoms with Gasteiger partial charge in [-0.3, -0.25) is 15.0 Å². The van der Waals surface area contributed by atoms with E-state index >= 15 is 0 Å². The van der Waals surface area contributed by atoms with Crippen LogP contribution in [0.1, 0.15) is 37.7 Å². The number of nitrogens with one attached hydrogen (secondary N) is 2.